The number of aliphatic hydroxyl groups excluding tert-OH is 2. The lowest BCUT2D eigenvalue weighted by Gasteiger charge is -2.42. The van der Waals surface area contributed by atoms with Gasteiger partial charge in [0.05, 0.1) is 31.0 Å². The molecule has 1 spiro atoms. The van der Waals surface area contributed by atoms with Crippen LogP contribution in [-0.2, 0) is 28.5 Å². The minimum absolute atomic E-state index is 0.00812. The number of rotatable bonds is 10. The second-order valence-corrected chi connectivity index (χ2v) is 11.4. The second kappa shape index (κ2) is 12.3. The number of carbonyl (C=O) groups excluding carboxylic acids is 2. The smallest absolute Gasteiger partial charge is 0.303 e. The zero-order valence-corrected chi connectivity index (χ0v) is 23.0. The van der Waals surface area contributed by atoms with Gasteiger partial charge in [-0.05, 0) is 64.5 Å². The lowest BCUT2D eigenvalue weighted by atomic mass is 9.81. The van der Waals surface area contributed by atoms with Crippen molar-refractivity contribution in [2.75, 3.05) is 13.2 Å². The van der Waals surface area contributed by atoms with Crippen molar-refractivity contribution in [3.05, 3.63) is 36.0 Å². The minimum Gasteiger partial charge on any atom is -0.459 e. The SMILES string of the molecule is CC(=O)O[C@@H](C)/C=C\C(=O)C[C@@H]1C[C@H](C)[C@H](C/C=C(C)/C=C/C2O[C@@](C)(CO)C[C@@]3(CO3)[C@@H]2O)O[C@@H]1C. The monoisotopic (exact) mass is 520 g/mol. The standard InChI is InChI=1S/C29H44O8/c1-18(8-12-26-27(33)29(17-34-29)15-28(6,16-30)37-26)7-11-25-19(2)13-23(21(4)36-25)14-24(32)10-9-20(3)35-22(5)31/h7-10,12,19-21,23,25-27,30,33H,11,13-17H2,1-6H3/b10-9-,12-8+,18-7+/t19-,20-,21+,23-,25-,26?,27+,28+,29+/m0/s1. The number of ketones is 1. The molecule has 0 aromatic rings. The molecule has 3 aliphatic rings. The molecule has 8 nitrogen and oxygen atoms in total. The number of aliphatic hydroxyl groups is 2. The van der Waals surface area contributed by atoms with Crippen molar-refractivity contribution in [2.45, 2.75) is 109 Å². The highest BCUT2D eigenvalue weighted by Gasteiger charge is 2.61. The molecule has 3 heterocycles. The summed E-state index contributed by atoms with van der Waals surface area (Å²) in [7, 11) is 0. The van der Waals surface area contributed by atoms with Crippen LogP contribution in [0.2, 0.25) is 0 Å². The van der Waals surface area contributed by atoms with Gasteiger partial charge in [-0.3, -0.25) is 9.59 Å². The first-order valence-corrected chi connectivity index (χ1v) is 13.4. The van der Waals surface area contributed by atoms with Crippen molar-refractivity contribution in [3.63, 3.8) is 0 Å². The van der Waals surface area contributed by atoms with Crippen molar-refractivity contribution >= 4 is 11.8 Å². The first-order valence-electron chi connectivity index (χ1n) is 13.4. The lowest BCUT2D eigenvalue weighted by molar-refractivity contribution is -0.192. The highest BCUT2D eigenvalue weighted by molar-refractivity contribution is 5.89. The average Bonchev–Trinajstić information content (AvgIpc) is 3.59. The second-order valence-electron chi connectivity index (χ2n) is 11.4. The molecule has 0 aromatic carbocycles. The predicted octanol–water partition coefficient (Wildman–Crippen LogP) is 3.45. The summed E-state index contributed by atoms with van der Waals surface area (Å²) in [5.74, 6) is 0.0740. The maximum absolute atomic E-state index is 12.4. The molecule has 37 heavy (non-hydrogen) atoms. The number of carbonyl (C=O) groups is 2. The van der Waals surface area contributed by atoms with Crippen LogP contribution in [0.25, 0.3) is 0 Å². The molecule has 9 atom stereocenters. The van der Waals surface area contributed by atoms with Gasteiger partial charge in [0, 0.05) is 19.8 Å². The van der Waals surface area contributed by atoms with E-state index in [1.165, 1.54) is 13.0 Å². The third-order valence-electron chi connectivity index (χ3n) is 7.75. The fraction of sp³-hybridized carbons (Fsp3) is 0.724. The van der Waals surface area contributed by atoms with Gasteiger partial charge >= 0.3 is 5.97 Å². The summed E-state index contributed by atoms with van der Waals surface area (Å²) < 4.78 is 22.9. The molecule has 0 radical (unpaired) electrons. The van der Waals surface area contributed by atoms with Crippen LogP contribution in [0, 0.1) is 11.8 Å². The molecule has 0 aromatic heterocycles. The molecule has 1 unspecified atom stereocenters. The molecule has 3 aliphatic heterocycles. The van der Waals surface area contributed by atoms with Gasteiger partial charge in [-0.2, -0.15) is 0 Å². The van der Waals surface area contributed by atoms with E-state index in [-0.39, 0.29) is 36.5 Å². The Labute approximate surface area is 220 Å². The molecule has 208 valence electrons. The Bertz CT molecular complexity index is 904. The van der Waals surface area contributed by atoms with Gasteiger partial charge < -0.3 is 29.2 Å². The third-order valence-corrected chi connectivity index (χ3v) is 7.75. The lowest BCUT2D eigenvalue weighted by Crippen LogP contribution is -2.56. The summed E-state index contributed by atoms with van der Waals surface area (Å²) in [5.41, 5.74) is -0.318. The Morgan fingerprint density at radius 3 is 2.54 bits per heavy atom. The van der Waals surface area contributed by atoms with Crippen molar-refractivity contribution < 1.29 is 38.7 Å². The predicted molar refractivity (Wildman–Crippen MR) is 139 cm³/mol. The zero-order valence-electron chi connectivity index (χ0n) is 23.0. The van der Waals surface area contributed by atoms with Gasteiger partial charge in [0.15, 0.2) is 5.78 Å². The molecule has 3 saturated heterocycles. The van der Waals surface area contributed by atoms with E-state index in [1.807, 2.05) is 32.9 Å². The number of ether oxygens (including phenoxy) is 4. The minimum atomic E-state index is -0.766. The van der Waals surface area contributed by atoms with E-state index in [0.717, 1.165) is 18.4 Å². The van der Waals surface area contributed by atoms with Gasteiger partial charge in [-0.1, -0.05) is 30.7 Å². The highest BCUT2D eigenvalue weighted by Crippen LogP contribution is 2.46. The topological polar surface area (TPSA) is 115 Å². The Balaban J connectivity index is 1.50. The fourth-order valence-corrected chi connectivity index (χ4v) is 5.44. The van der Waals surface area contributed by atoms with E-state index in [1.54, 1.807) is 13.0 Å². The van der Waals surface area contributed by atoms with Crippen LogP contribution in [-0.4, -0.2) is 76.9 Å². The normalized spacial score (nSPS) is 39.3. The molecule has 2 N–H and O–H groups in total. The van der Waals surface area contributed by atoms with Gasteiger partial charge in [-0.25, -0.2) is 0 Å². The molecule has 0 amide bonds. The maximum atomic E-state index is 12.4. The Morgan fingerprint density at radius 2 is 1.92 bits per heavy atom. The Hall–Kier alpha value is -1.84. The van der Waals surface area contributed by atoms with Crippen molar-refractivity contribution in [1.29, 1.82) is 0 Å². The average molecular weight is 521 g/mol. The first kappa shape index (κ1) is 29.7. The maximum Gasteiger partial charge on any atom is 0.303 e. The molecule has 0 saturated carbocycles. The Morgan fingerprint density at radius 1 is 1.22 bits per heavy atom. The van der Waals surface area contributed by atoms with Crippen molar-refractivity contribution in [2.24, 2.45) is 11.8 Å². The highest BCUT2D eigenvalue weighted by atomic mass is 16.6. The summed E-state index contributed by atoms with van der Waals surface area (Å²) in [6, 6.07) is 0. The summed E-state index contributed by atoms with van der Waals surface area (Å²) in [6.45, 7) is 11.4. The van der Waals surface area contributed by atoms with Gasteiger partial charge in [0.25, 0.3) is 0 Å². The van der Waals surface area contributed by atoms with Crippen LogP contribution in [0.1, 0.15) is 67.2 Å². The van der Waals surface area contributed by atoms with Gasteiger partial charge in [0.2, 0.25) is 0 Å². The van der Waals surface area contributed by atoms with E-state index in [4.69, 9.17) is 18.9 Å². The van der Waals surface area contributed by atoms with Crippen molar-refractivity contribution in [3.8, 4) is 0 Å². The molecule has 8 heteroatoms. The van der Waals surface area contributed by atoms with Crippen LogP contribution < -0.4 is 0 Å². The van der Waals surface area contributed by atoms with Crippen molar-refractivity contribution in [1.82, 2.24) is 0 Å². The molecule has 0 aliphatic carbocycles. The number of hydrogen-bond acceptors (Lipinski definition) is 8. The van der Waals surface area contributed by atoms with Crippen LogP contribution >= 0.6 is 0 Å². The van der Waals surface area contributed by atoms with E-state index in [0.29, 0.717) is 25.4 Å². The van der Waals surface area contributed by atoms with E-state index in [2.05, 4.69) is 13.0 Å². The van der Waals surface area contributed by atoms with Crippen LogP contribution in [0.3, 0.4) is 0 Å². The number of allylic oxidation sites excluding steroid dienone is 3. The molecule has 3 rings (SSSR count). The first-order chi connectivity index (χ1) is 17.4. The third kappa shape index (κ3) is 8.07. The Kier molecular flexibility index (Phi) is 9.91. The molecular weight excluding hydrogens is 476 g/mol. The summed E-state index contributed by atoms with van der Waals surface area (Å²) in [6.07, 6.45) is 9.83. The van der Waals surface area contributed by atoms with Crippen LogP contribution in [0.15, 0.2) is 36.0 Å². The quantitative estimate of drug-likeness (QED) is 0.195. The zero-order chi connectivity index (χ0) is 27.4. The van der Waals surface area contributed by atoms with Gasteiger partial charge in [-0.15, -0.1) is 0 Å². The molecule has 0 bridgehead atoms. The number of esters is 1. The van der Waals surface area contributed by atoms with E-state index in [9.17, 15) is 19.8 Å². The largest absolute Gasteiger partial charge is 0.459 e. The molecular formula is C29H44O8. The summed E-state index contributed by atoms with van der Waals surface area (Å²) in [4.78, 5) is 23.4. The number of hydrogen-bond donors (Lipinski definition) is 2. The molecule has 3 fully saturated rings. The fourth-order valence-electron chi connectivity index (χ4n) is 5.44. The van der Waals surface area contributed by atoms with E-state index < -0.39 is 29.5 Å². The summed E-state index contributed by atoms with van der Waals surface area (Å²) >= 11 is 0. The van der Waals surface area contributed by atoms with Crippen LogP contribution in [0.5, 0.6) is 0 Å². The van der Waals surface area contributed by atoms with Gasteiger partial charge in [0.1, 0.15) is 23.9 Å². The van der Waals surface area contributed by atoms with Crippen LogP contribution in [0.4, 0.5) is 0 Å². The van der Waals surface area contributed by atoms with E-state index >= 15 is 0 Å². The number of epoxide rings is 1. The summed E-state index contributed by atoms with van der Waals surface area (Å²) in [5, 5.41) is 20.5.